The van der Waals surface area contributed by atoms with Crippen molar-refractivity contribution in [2.24, 2.45) is 0 Å². The molecule has 0 aliphatic rings. The van der Waals surface area contributed by atoms with Gasteiger partial charge in [0.25, 0.3) is 0 Å². The average Bonchev–Trinajstić information content (AvgIpc) is 2.59. The Bertz CT molecular complexity index is 1170. The molecule has 0 fully saturated rings. The highest BCUT2D eigenvalue weighted by atomic mass is 16.2. The molecule has 0 saturated heterocycles. The summed E-state index contributed by atoms with van der Waals surface area (Å²) in [6.07, 6.45) is 0.699. The number of hydrogen-bond acceptors (Lipinski definition) is 1. The van der Waals surface area contributed by atoms with Crippen molar-refractivity contribution in [2.75, 3.05) is 6.61 Å². The van der Waals surface area contributed by atoms with Crippen molar-refractivity contribution in [1.29, 1.82) is 0 Å². The Kier molecular flexibility index (Phi) is 2.61. The molecule has 110 valence electrons. The second-order valence-corrected chi connectivity index (χ2v) is 6.23. The second kappa shape index (κ2) is 4.68. The van der Waals surface area contributed by atoms with Crippen LogP contribution in [0.3, 0.4) is 0 Å². The molecule has 0 spiro atoms. The fourth-order valence-corrected chi connectivity index (χ4v) is 3.99. The van der Waals surface area contributed by atoms with Gasteiger partial charge in [0, 0.05) is 6.61 Å². The van der Waals surface area contributed by atoms with E-state index in [1.54, 1.807) is 0 Å². The molecule has 5 rings (SSSR count). The molecule has 1 nitrogen and oxygen atoms in total. The summed E-state index contributed by atoms with van der Waals surface area (Å²) in [6, 6.07) is 24.1. The van der Waals surface area contributed by atoms with Crippen LogP contribution in [0.1, 0.15) is 5.56 Å². The molecule has 0 atom stereocenters. The van der Waals surface area contributed by atoms with Crippen molar-refractivity contribution in [3.05, 3.63) is 72.3 Å². The van der Waals surface area contributed by atoms with Gasteiger partial charge in [-0.25, -0.2) is 0 Å². The fraction of sp³-hybridized carbons (Fsp3) is 0.0909. The van der Waals surface area contributed by atoms with Gasteiger partial charge >= 0.3 is 0 Å². The SMILES string of the molecule is OCCc1cc2cccc3c4cccc5cccc(c(c1)c23)c54. The van der Waals surface area contributed by atoms with Gasteiger partial charge in [-0.05, 0) is 55.1 Å². The van der Waals surface area contributed by atoms with Crippen LogP contribution >= 0.6 is 0 Å². The maximum absolute atomic E-state index is 9.33. The van der Waals surface area contributed by atoms with E-state index in [0.717, 1.165) is 0 Å². The highest BCUT2D eigenvalue weighted by Crippen LogP contribution is 2.40. The van der Waals surface area contributed by atoms with Gasteiger partial charge in [-0.1, -0.05) is 66.7 Å². The maximum atomic E-state index is 9.33. The summed E-state index contributed by atoms with van der Waals surface area (Å²) in [6.45, 7) is 0.186. The van der Waals surface area contributed by atoms with Crippen LogP contribution in [0.15, 0.2) is 66.7 Å². The zero-order valence-electron chi connectivity index (χ0n) is 12.7. The fourth-order valence-electron chi connectivity index (χ4n) is 3.99. The third-order valence-electron chi connectivity index (χ3n) is 4.92. The first-order valence-electron chi connectivity index (χ1n) is 8.06. The standard InChI is InChI=1S/C22H16O/c23-11-10-14-12-16-6-3-8-18-17-7-1-4-15-5-2-9-19(21(15)17)20(13-14)22(16)18/h1-9,12-13,23H,10-11H2. The first kappa shape index (κ1) is 12.9. The van der Waals surface area contributed by atoms with E-state index in [2.05, 4.69) is 66.7 Å². The number of benzene rings is 5. The molecule has 5 aromatic carbocycles. The molecular weight excluding hydrogens is 280 g/mol. The summed E-state index contributed by atoms with van der Waals surface area (Å²) in [5, 5.41) is 19.8. The lowest BCUT2D eigenvalue weighted by atomic mass is 9.88. The molecule has 0 bridgehead atoms. The van der Waals surface area contributed by atoms with E-state index in [-0.39, 0.29) is 6.61 Å². The van der Waals surface area contributed by atoms with E-state index in [9.17, 15) is 5.11 Å². The first-order chi connectivity index (χ1) is 11.4. The minimum Gasteiger partial charge on any atom is -0.396 e. The Morgan fingerprint density at radius 2 is 1.17 bits per heavy atom. The van der Waals surface area contributed by atoms with Gasteiger partial charge in [-0.2, -0.15) is 0 Å². The van der Waals surface area contributed by atoms with E-state index in [4.69, 9.17) is 0 Å². The molecule has 23 heavy (non-hydrogen) atoms. The minimum absolute atomic E-state index is 0.186. The minimum atomic E-state index is 0.186. The van der Waals surface area contributed by atoms with Gasteiger partial charge in [0.1, 0.15) is 0 Å². The summed E-state index contributed by atoms with van der Waals surface area (Å²) >= 11 is 0. The third kappa shape index (κ3) is 1.71. The number of aliphatic hydroxyl groups excluding tert-OH is 1. The monoisotopic (exact) mass is 296 g/mol. The predicted octanol–water partition coefficient (Wildman–Crippen LogP) is 5.27. The maximum Gasteiger partial charge on any atom is 0.0471 e. The van der Waals surface area contributed by atoms with Crippen LogP contribution < -0.4 is 0 Å². The summed E-state index contributed by atoms with van der Waals surface area (Å²) < 4.78 is 0. The van der Waals surface area contributed by atoms with Crippen molar-refractivity contribution >= 4 is 43.1 Å². The van der Waals surface area contributed by atoms with Gasteiger partial charge in [0.15, 0.2) is 0 Å². The zero-order valence-corrected chi connectivity index (χ0v) is 12.7. The first-order valence-corrected chi connectivity index (χ1v) is 8.06. The average molecular weight is 296 g/mol. The van der Waals surface area contributed by atoms with E-state index < -0.39 is 0 Å². The van der Waals surface area contributed by atoms with E-state index >= 15 is 0 Å². The van der Waals surface area contributed by atoms with Gasteiger partial charge in [0.05, 0.1) is 0 Å². The Labute approximate surface area is 134 Å². The molecule has 0 unspecified atom stereocenters. The molecule has 0 radical (unpaired) electrons. The predicted molar refractivity (Wildman–Crippen MR) is 98.4 cm³/mol. The summed E-state index contributed by atoms with van der Waals surface area (Å²) in [7, 11) is 0. The van der Waals surface area contributed by atoms with Crippen LogP contribution in [0.2, 0.25) is 0 Å². The molecule has 0 aliphatic carbocycles. The quantitative estimate of drug-likeness (QED) is 0.347. The van der Waals surface area contributed by atoms with Crippen molar-refractivity contribution < 1.29 is 5.11 Å². The molecule has 5 aromatic rings. The van der Waals surface area contributed by atoms with Crippen molar-refractivity contribution in [2.45, 2.75) is 6.42 Å². The molecule has 0 saturated carbocycles. The lowest BCUT2D eigenvalue weighted by Gasteiger charge is -2.15. The van der Waals surface area contributed by atoms with Gasteiger partial charge in [0.2, 0.25) is 0 Å². The van der Waals surface area contributed by atoms with Gasteiger partial charge in [-0.15, -0.1) is 0 Å². The second-order valence-electron chi connectivity index (χ2n) is 6.23. The van der Waals surface area contributed by atoms with Gasteiger partial charge < -0.3 is 5.11 Å². The number of rotatable bonds is 2. The van der Waals surface area contributed by atoms with Crippen LogP contribution in [-0.4, -0.2) is 11.7 Å². The molecule has 0 heterocycles. The summed E-state index contributed by atoms with van der Waals surface area (Å²) in [5.74, 6) is 0. The number of fused-ring (bicyclic) bond motifs is 2. The Morgan fingerprint density at radius 1 is 0.609 bits per heavy atom. The third-order valence-corrected chi connectivity index (χ3v) is 4.92. The van der Waals surface area contributed by atoms with Crippen LogP contribution in [0.25, 0.3) is 43.1 Å². The lowest BCUT2D eigenvalue weighted by molar-refractivity contribution is 0.299. The molecule has 1 heteroatoms. The highest BCUT2D eigenvalue weighted by molar-refractivity contribution is 6.32. The van der Waals surface area contributed by atoms with E-state index in [1.807, 2.05) is 0 Å². The smallest absolute Gasteiger partial charge is 0.0471 e. The van der Waals surface area contributed by atoms with E-state index in [1.165, 1.54) is 48.7 Å². The Hall–Kier alpha value is -2.64. The van der Waals surface area contributed by atoms with Crippen LogP contribution in [-0.2, 0) is 6.42 Å². The van der Waals surface area contributed by atoms with Crippen molar-refractivity contribution in [1.82, 2.24) is 0 Å². The van der Waals surface area contributed by atoms with Gasteiger partial charge in [-0.3, -0.25) is 0 Å². The molecule has 1 N–H and O–H groups in total. The van der Waals surface area contributed by atoms with Crippen molar-refractivity contribution in [3.63, 3.8) is 0 Å². The highest BCUT2D eigenvalue weighted by Gasteiger charge is 2.13. The molecule has 0 aromatic heterocycles. The van der Waals surface area contributed by atoms with Crippen LogP contribution in [0.4, 0.5) is 0 Å². The van der Waals surface area contributed by atoms with Crippen LogP contribution in [0.5, 0.6) is 0 Å². The molecular formula is C22H16O. The van der Waals surface area contributed by atoms with E-state index in [0.29, 0.717) is 6.42 Å². The summed E-state index contributed by atoms with van der Waals surface area (Å²) in [4.78, 5) is 0. The number of aliphatic hydroxyl groups is 1. The van der Waals surface area contributed by atoms with Crippen molar-refractivity contribution in [3.8, 4) is 0 Å². The topological polar surface area (TPSA) is 20.2 Å². The Balaban J connectivity index is 2.14. The number of hydrogen-bond donors (Lipinski definition) is 1. The normalized spacial score (nSPS) is 12.0. The largest absolute Gasteiger partial charge is 0.396 e. The zero-order chi connectivity index (χ0) is 15.4. The molecule has 0 amide bonds. The Morgan fingerprint density at radius 3 is 1.83 bits per heavy atom. The summed E-state index contributed by atoms with van der Waals surface area (Å²) in [5.41, 5.74) is 1.20. The molecule has 0 aliphatic heterocycles. The lowest BCUT2D eigenvalue weighted by Crippen LogP contribution is -1.93. The van der Waals surface area contributed by atoms with Crippen LogP contribution in [0, 0.1) is 0 Å².